The van der Waals surface area contributed by atoms with Crippen molar-refractivity contribution >= 4 is 33.6 Å². The van der Waals surface area contributed by atoms with E-state index in [-0.39, 0.29) is 5.82 Å². The van der Waals surface area contributed by atoms with Crippen LogP contribution in [0.15, 0.2) is 38.8 Å². The van der Waals surface area contributed by atoms with Crippen LogP contribution in [0.1, 0.15) is 18.4 Å². The van der Waals surface area contributed by atoms with Gasteiger partial charge < -0.3 is 9.32 Å². The van der Waals surface area contributed by atoms with E-state index >= 15 is 0 Å². The predicted molar refractivity (Wildman–Crippen MR) is 82.4 cm³/mol. The van der Waals surface area contributed by atoms with E-state index in [0.717, 1.165) is 29.5 Å². The molecule has 2 aliphatic heterocycles. The highest BCUT2D eigenvalue weighted by molar-refractivity contribution is 8.17. The quantitative estimate of drug-likeness (QED) is 0.837. The first-order valence-corrected chi connectivity index (χ1v) is 8.04. The second-order valence-corrected chi connectivity index (χ2v) is 6.70. The maximum absolute atomic E-state index is 14.3. The molecule has 106 valence electrons. The molecule has 0 bridgehead atoms. The third-order valence-corrected chi connectivity index (χ3v) is 5.53. The van der Waals surface area contributed by atoms with Gasteiger partial charge in [0.05, 0.1) is 23.9 Å². The molecule has 0 saturated heterocycles. The molecule has 3 nitrogen and oxygen atoms in total. The zero-order chi connectivity index (χ0) is 14.0. The number of rotatable bonds is 2. The smallest absolute Gasteiger partial charge is 0.168 e. The molecular weight excluding hydrogens is 287 g/mol. The number of thioether (sulfide) groups is 1. The lowest BCUT2D eigenvalue weighted by Crippen LogP contribution is -2.20. The molecule has 5 rings (SSSR count). The summed E-state index contributed by atoms with van der Waals surface area (Å²) >= 11 is 1.77. The van der Waals surface area contributed by atoms with Crippen LogP contribution < -0.4 is 0 Å². The number of hydrogen-bond donors (Lipinski definition) is 0. The molecule has 3 aliphatic rings. The number of fused-ring (bicyclic) bond motifs is 2. The highest BCUT2D eigenvalue weighted by atomic mass is 32.2. The van der Waals surface area contributed by atoms with Gasteiger partial charge in [-0.25, -0.2) is 4.39 Å². The molecule has 1 saturated carbocycles. The van der Waals surface area contributed by atoms with Crippen molar-refractivity contribution in [3.8, 4) is 0 Å². The largest absolute Gasteiger partial charge is 0.464 e. The summed E-state index contributed by atoms with van der Waals surface area (Å²) in [5, 5.41) is 1.63. The van der Waals surface area contributed by atoms with Crippen LogP contribution in [0, 0.1) is 11.7 Å². The molecule has 0 radical (unpaired) electrons. The van der Waals surface area contributed by atoms with E-state index in [0.29, 0.717) is 16.9 Å². The van der Waals surface area contributed by atoms with Gasteiger partial charge >= 0.3 is 0 Å². The fourth-order valence-electron chi connectivity index (χ4n) is 3.09. The van der Waals surface area contributed by atoms with Crippen LogP contribution in [-0.4, -0.2) is 23.2 Å². The first kappa shape index (κ1) is 11.9. The Bertz CT molecular complexity index is 819. The second-order valence-electron chi connectivity index (χ2n) is 5.70. The van der Waals surface area contributed by atoms with E-state index in [1.54, 1.807) is 30.2 Å². The first-order valence-electron chi connectivity index (χ1n) is 7.22. The lowest BCUT2D eigenvalue weighted by Gasteiger charge is -2.17. The summed E-state index contributed by atoms with van der Waals surface area (Å²) in [6, 6.07) is 5.27. The van der Waals surface area contributed by atoms with Crippen LogP contribution in [-0.2, 0) is 0 Å². The lowest BCUT2D eigenvalue weighted by molar-refractivity contribution is 0.607. The topological polar surface area (TPSA) is 28.7 Å². The van der Waals surface area contributed by atoms with Gasteiger partial charge in [-0.05, 0) is 37.0 Å². The molecule has 1 fully saturated rings. The number of amidine groups is 1. The van der Waals surface area contributed by atoms with E-state index in [2.05, 4.69) is 9.89 Å². The molecule has 1 aliphatic carbocycles. The Balaban J connectivity index is 1.72. The normalized spacial score (nSPS) is 21.4. The minimum atomic E-state index is -0.214. The summed E-state index contributed by atoms with van der Waals surface area (Å²) in [5.41, 5.74) is 2.68. The summed E-state index contributed by atoms with van der Waals surface area (Å²) in [6.07, 6.45) is 4.01. The van der Waals surface area contributed by atoms with Crippen molar-refractivity contribution in [2.45, 2.75) is 12.8 Å². The van der Waals surface area contributed by atoms with E-state index in [4.69, 9.17) is 4.42 Å². The molecule has 0 N–H and O–H groups in total. The van der Waals surface area contributed by atoms with E-state index in [1.807, 2.05) is 6.07 Å². The van der Waals surface area contributed by atoms with Gasteiger partial charge in [-0.2, -0.15) is 0 Å². The predicted octanol–water partition coefficient (Wildman–Crippen LogP) is 4.07. The molecule has 0 spiro atoms. The SMILES string of the molecule is Fc1cc(C2=C(C3CC3)SC3=NCCN32)cc2occc12. The number of benzene rings is 1. The fraction of sp³-hybridized carbons (Fsp3) is 0.312. The first-order chi connectivity index (χ1) is 10.3. The molecule has 1 aromatic heterocycles. The molecule has 0 atom stereocenters. The number of halogens is 1. The van der Waals surface area contributed by atoms with Gasteiger partial charge in [0.15, 0.2) is 5.17 Å². The van der Waals surface area contributed by atoms with Crippen molar-refractivity contribution in [2.24, 2.45) is 10.9 Å². The van der Waals surface area contributed by atoms with Gasteiger partial charge in [0.2, 0.25) is 0 Å². The third kappa shape index (κ3) is 1.70. The molecule has 2 aromatic rings. The fourth-order valence-corrected chi connectivity index (χ4v) is 4.46. The molecule has 3 heterocycles. The average molecular weight is 300 g/mol. The molecular formula is C16H13FN2OS. The number of hydrogen-bond acceptors (Lipinski definition) is 4. The van der Waals surface area contributed by atoms with Crippen LogP contribution in [0.3, 0.4) is 0 Å². The summed E-state index contributed by atoms with van der Waals surface area (Å²) in [6.45, 7) is 1.72. The summed E-state index contributed by atoms with van der Waals surface area (Å²) < 4.78 is 19.7. The van der Waals surface area contributed by atoms with Crippen molar-refractivity contribution in [3.05, 3.63) is 40.7 Å². The summed E-state index contributed by atoms with van der Waals surface area (Å²) in [5.74, 6) is 0.419. The molecule has 5 heteroatoms. The highest BCUT2D eigenvalue weighted by Crippen LogP contribution is 2.52. The van der Waals surface area contributed by atoms with Crippen LogP contribution in [0.2, 0.25) is 0 Å². The second kappa shape index (κ2) is 4.13. The summed E-state index contributed by atoms with van der Waals surface area (Å²) in [7, 11) is 0. The van der Waals surface area contributed by atoms with Crippen LogP contribution in [0.25, 0.3) is 16.7 Å². The Morgan fingerprint density at radius 3 is 3.10 bits per heavy atom. The Labute approximate surface area is 125 Å². The van der Waals surface area contributed by atoms with Gasteiger partial charge in [0.25, 0.3) is 0 Å². The van der Waals surface area contributed by atoms with Crippen LogP contribution in [0.4, 0.5) is 4.39 Å². The average Bonchev–Trinajstić information content (AvgIpc) is 2.89. The number of allylic oxidation sites excluding steroid dienone is 1. The molecule has 21 heavy (non-hydrogen) atoms. The zero-order valence-electron chi connectivity index (χ0n) is 11.3. The minimum absolute atomic E-state index is 0.214. The van der Waals surface area contributed by atoms with Gasteiger partial charge in [-0.1, -0.05) is 11.8 Å². The maximum atomic E-state index is 14.3. The van der Waals surface area contributed by atoms with E-state index in [9.17, 15) is 4.39 Å². The van der Waals surface area contributed by atoms with Crippen LogP contribution >= 0.6 is 11.8 Å². The van der Waals surface area contributed by atoms with Crippen molar-refractivity contribution in [3.63, 3.8) is 0 Å². The van der Waals surface area contributed by atoms with Gasteiger partial charge in [0.1, 0.15) is 11.4 Å². The zero-order valence-corrected chi connectivity index (χ0v) is 12.1. The van der Waals surface area contributed by atoms with Crippen molar-refractivity contribution in [1.29, 1.82) is 0 Å². The lowest BCUT2D eigenvalue weighted by atomic mass is 10.1. The minimum Gasteiger partial charge on any atom is -0.464 e. The van der Waals surface area contributed by atoms with Gasteiger partial charge in [-0.15, -0.1) is 0 Å². The monoisotopic (exact) mass is 300 g/mol. The molecule has 1 aromatic carbocycles. The van der Waals surface area contributed by atoms with Crippen molar-refractivity contribution in [2.75, 3.05) is 13.1 Å². The molecule has 0 amide bonds. The molecule has 0 unspecified atom stereocenters. The highest BCUT2D eigenvalue weighted by Gasteiger charge is 2.40. The number of aliphatic imine (C=N–C) groups is 1. The Morgan fingerprint density at radius 1 is 1.33 bits per heavy atom. The van der Waals surface area contributed by atoms with Crippen molar-refractivity contribution in [1.82, 2.24) is 4.90 Å². The Kier molecular flexibility index (Phi) is 2.33. The maximum Gasteiger partial charge on any atom is 0.168 e. The van der Waals surface area contributed by atoms with Gasteiger partial charge in [-0.3, -0.25) is 4.99 Å². The van der Waals surface area contributed by atoms with E-state index < -0.39 is 0 Å². The number of nitrogens with zero attached hydrogens (tertiary/aromatic N) is 2. The number of furan rings is 1. The standard InChI is InChI=1S/C16H13FN2OS/c17-12-7-10(8-13-11(12)3-6-20-13)14-15(9-1-2-9)21-16-18-4-5-19(14)16/h3,6-9H,1-2,4-5H2. The van der Waals surface area contributed by atoms with Gasteiger partial charge in [0, 0.05) is 17.0 Å². The third-order valence-electron chi connectivity index (χ3n) is 4.25. The van der Waals surface area contributed by atoms with Crippen molar-refractivity contribution < 1.29 is 8.81 Å². The Morgan fingerprint density at radius 2 is 2.24 bits per heavy atom. The van der Waals surface area contributed by atoms with E-state index in [1.165, 1.54) is 17.7 Å². The Hall–Kier alpha value is -1.75. The summed E-state index contributed by atoms with van der Waals surface area (Å²) in [4.78, 5) is 8.15. The van der Waals surface area contributed by atoms with Crippen LogP contribution in [0.5, 0.6) is 0 Å².